The number of hydrogen-bond donors (Lipinski definition) is 9. The van der Waals surface area contributed by atoms with E-state index in [0.717, 1.165) is 0 Å². The van der Waals surface area contributed by atoms with Gasteiger partial charge in [-0.2, -0.15) is 0 Å². The van der Waals surface area contributed by atoms with Gasteiger partial charge in [-0.1, -0.05) is 0 Å². The second-order valence-corrected chi connectivity index (χ2v) is 14.5. The molecule has 0 radical (unpaired) electrons. The Balaban J connectivity index is 0.000000161. The van der Waals surface area contributed by atoms with Crippen LogP contribution in [0.5, 0.6) is 0 Å². The summed E-state index contributed by atoms with van der Waals surface area (Å²) in [5, 5.41) is 6.56. The number of phosphoric acid groups is 1. The number of amides is 2. The van der Waals surface area contributed by atoms with Crippen molar-refractivity contribution >= 4 is 43.1 Å². The molecule has 4 saturated heterocycles. The summed E-state index contributed by atoms with van der Waals surface area (Å²) < 4.78 is 30.4. The van der Waals surface area contributed by atoms with Gasteiger partial charge in [-0.05, 0) is 13.8 Å². The van der Waals surface area contributed by atoms with E-state index in [1.807, 2.05) is 9.80 Å². The number of nitrogens with zero attached hydrogens (tertiary/aromatic N) is 2. The van der Waals surface area contributed by atoms with Gasteiger partial charge < -0.3 is 77.0 Å². The summed E-state index contributed by atoms with van der Waals surface area (Å²) in [5.41, 5.74) is 21.3. The fourth-order valence-corrected chi connectivity index (χ4v) is 8.62. The number of carbonyl (C=O) groups excluding carboxylic acids is 6. The van der Waals surface area contributed by atoms with Crippen LogP contribution in [0.1, 0.15) is 13.8 Å². The number of primary amides is 2. The van der Waals surface area contributed by atoms with Gasteiger partial charge in [0.25, 0.3) is 0 Å². The van der Waals surface area contributed by atoms with Gasteiger partial charge in [-0.25, -0.2) is 14.2 Å². The molecule has 22 nitrogen and oxygen atoms in total. The first kappa shape index (κ1) is 38.1. The smallest absolute Gasteiger partial charge is 0.449 e. The summed E-state index contributed by atoms with van der Waals surface area (Å²) in [6.45, 7) is 3.84. The van der Waals surface area contributed by atoms with E-state index in [-0.39, 0.29) is 82.6 Å². The number of rotatable bonds is 6. The number of piperazine rings is 2. The van der Waals surface area contributed by atoms with E-state index in [9.17, 15) is 28.8 Å². The number of ketones is 4. The number of nitrogens with two attached hydrogens (primary N) is 4. The van der Waals surface area contributed by atoms with Gasteiger partial charge in [0, 0.05) is 61.7 Å². The molecule has 0 aromatic carbocycles. The largest absolute Gasteiger partial charge is 0.466 e. The number of allylic oxidation sites excluding steroid dienone is 4. The molecule has 4 fully saturated rings. The second-order valence-electron chi connectivity index (χ2n) is 13.4. The van der Waals surface area contributed by atoms with Crippen LogP contribution in [0.4, 0.5) is 9.59 Å². The predicted molar refractivity (Wildman–Crippen MR) is 174 cm³/mol. The third-order valence-corrected chi connectivity index (χ3v) is 10.9. The van der Waals surface area contributed by atoms with E-state index in [2.05, 4.69) is 10.6 Å². The number of methoxy groups -OCH3 is 2. The van der Waals surface area contributed by atoms with Gasteiger partial charge >= 0.3 is 20.0 Å². The van der Waals surface area contributed by atoms with Crippen molar-refractivity contribution in [1.82, 2.24) is 20.4 Å². The molecular weight excluding hydrogens is 727 g/mol. The van der Waals surface area contributed by atoms with E-state index in [1.54, 1.807) is 0 Å². The monoisotopic (exact) mass is 766 g/mol. The van der Waals surface area contributed by atoms with Crippen molar-refractivity contribution in [2.75, 3.05) is 40.5 Å². The third kappa shape index (κ3) is 5.64. The molecule has 23 heteroatoms. The van der Waals surface area contributed by atoms with E-state index >= 15 is 0 Å². The fourth-order valence-electron chi connectivity index (χ4n) is 8.62. The van der Waals surface area contributed by atoms with Crippen LogP contribution in [0.3, 0.4) is 0 Å². The highest BCUT2D eigenvalue weighted by Gasteiger charge is 2.74. The van der Waals surface area contributed by atoms with Crippen LogP contribution in [0, 0.1) is 11.8 Å². The van der Waals surface area contributed by atoms with Gasteiger partial charge in [-0.3, -0.25) is 19.2 Å². The van der Waals surface area contributed by atoms with Crippen molar-refractivity contribution < 1.29 is 67.0 Å². The molecule has 2 amide bonds. The highest BCUT2D eigenvalue weighted by atomic mass is 31.2. The summed E-state index contributed by atoms with van der Waals surface area (Å²) >= 11 is 0. The van der Waals surface area contributed by atoms with Crippen LogP contribution < -0.4 is 33.6 Å². The Morgan fingerprint density at radius 3 is 1.34 bits per heavy atom. The molecule has 0 aromatic rings. The lowest BCUT2D eigenvalue weighted by Crippen LogP contribution is -2.55. The van der Waals surface area contributed by atoms with Crippen molar-refractivity contribution in [3.05, 3.63) is 45.1 Å². The summed E-state index contributed by atoms with van der Waals surface area (Å²) in [4.78, 5) is 98.4. The van der Waals surface area contributed by atoms with Crippen LogP contribution in [0.2, 0.25) is 0 Å². The maximum absolute atomic E-state index is 12.8. The molecule has 13 N–H and O–H groups in total. The standard InChI is InChI=1S/2C15H18N4O5.H3O4P/c2*1-5-9(16)12(21)8-6(4-24-14(17)22)15(23-2)13-7(18-13)3-19(15)10(8)11(5)20;1-5(2,3)4/h2*6-7,13,18H,3-4,16H2,1-2H3,(H2,17,22);(H3,1,2,3,4)/t2*6-,7+,13+,15-;/m11./s1. The zero-order valence-corrected chi connectivity index (χ0v) is 29.7. The molecule has 6 heterocycles. The summed E-state index contributed by atoms with van der Waals surface area (Å²) in [6.07, 6.45) is -1.90. The van der Waals surface area contributed by atoms with Gasteiger partial charge in [0.15, 0.2) is 11.4 Å². The lowest BCUT2D eigenvalue weighted by atomic mass is 9.82. The van der Waals surface area contributed by atoms with Gasteiger partial charge in [0.2, 0.25) is 23.1 Å². The van der Waals surface area contributed by atoms with Crippen LogP contribution in [-0.4, -0.2) is 136 Å². The third-order valence-electron chi connectivity index (χ3n) is 10.9. The number of carbonyl (C=O) groups is 6. The van der Waals surface area contributed by atoms with E-state index in [0.29, 0.717) is 24.5 Å². The number of hydrogen-bond acceptors (Lipinski definition) is 17. The Hall–Kier alpha value is -4.67. The molecule has 8 aliphatic rings. The van der Waals surface area contributed by atoms with Crippen molar-refractivity contribution in [3.8, 4) is 0 Å². The van der Waals surface area contributed by atoms with Crippen LogP contribution >= 0.6 is 7.82 Å². The van der Waals surface area contributed by atoms with E-state index in [1.165, 1.54) is 28.1 Å². The molecule has 53 heavy (non-hydrogen) atoms. The highest BCUT2D eigenvalue weighted by Crippen LogP contribution is 2.57. The fraction of sp³-hybridized carbons (Fsp3) is 0.533. The zero-order chi connectivity index (χ0) is 39.3. The first-order chi connectivity index (χ1) is 24.7. The van der Waals surface area contributed by atoms with Crippen molar-refractivity contribution in [2.45, 2.75) is 49.5 Å². The summed E-state index contributed by atoms with van der Waals surface area (Å²) in [6, 6.07) is 0.219. The molecule has 288 valence electrons. The molecule has 6 aliphatic heterocycles. The highest BCUT2D eigenvalue weighted by molar-refractivity contribution is 7.45. The Morgan fingerprint density at radius 1 is 0.736 bits per heavy atom. The second kappa shape index (κ2) is 12.7. The average molecular weight is 767 g/mol. The molecule has 8 atom stereocenters. The SMILES string of the molecule is CO[C@@]12[C@H](COC(N)=O)C3=C(C(=O)C(C)=C(N)C3=O)N1C[C@@H]1N[C@@H]12.CO[C@@]12[C@H](COC(N)=O)C3=C(C(=O)C(C)=C(N)C3=O)N1C[C@@H]1N[C@@H]12.O=P(O)(O)O. The Labute approximate surface area is 300 Å². The normalized spacial score (nSPS) is 34.4. The maximum atomic E-state index is 12.8. The Kier molecular flexibility index (Phi) is 9.14. The topological polar surface area (TPSA) is 372 Å². The zero-order valence-electron chi connectivity index (χ0n) is 28.8. The molecule has 0 unspecified atom stereocenters. The average Bonchev–Trinajstić information content (AvgIpc) is 3.92. The van der Waals surface area contributed by atoms with Gasteiger partial charge in [0.05, 0.1) is 46.7 Å². The minimum absolute atomic E-state index is 0.0586. The predicted octanol–water partition coefficient (Wildman–Crippen LogP) is -4.23. The number of nitrogens with one attached hydrogen (secondary N) is 2. The molecule has 0 bridgehead atoms. The molecule has 0 aromatic heterocycles. The first-order valence-corrected chi connectivity index (χ1v) is 17.7. The summed E-state index contributed by atoms with van der Waals surface area (Å²) in [5.74, 6) is -2.68. The lowest BCUT2D eigenvalue weighted by molar-refractivity contribution is -0.137. The molecule has 2 aliphatic carbocycles. The first-order valence-electron chi connectivity index (χ1n) is 16.1. The van der Waals surface area contributed by atoms with Crippen molar-refractivity contribution in [2.24, 2.45) is 34.8 Å². The van der Waals surface area contributed by atoms with Crippen LogP contribution in [0.15, 0.2) is 45.1 Å². The Bertz CT molecular complexity index is 1800. The molecule has 0 spiro atoms. The van der Waals surface area contributed by atoms with Crippen LogP contribution in [-0.2, 0) is 42.7 Å². The molecular formula is C30H39N8O14P. The minimum atomic E-state index is -4.64. The van der Waals surface area contributed by atoms with Gasteiger partial charge in [0.1, 0.15) is 13.2 Å². The maximum Gasteiger partial charge on any atom is 0.466 e. The van der Waals surface area contributed by atoms with Crippen molar-refractivity contribution in [3.63, 3.8) is 0 Å². The number of ether oxygens (including phenoxy) is 4. The minimum Gasteiger partial charge on any atom is -0.449 e. The van der Waals surface area contributed by atoms with E-state index in [4.69, 9.17) is 61.1 Å². The quantitative estimate of drug-likeness (QED) is 0.0702. The summed E-state index contributed by atoms with van der Waals surface area (Å²) in [7, 11) is -1.60. The molecule has 0 saturated carbocycles. The van der Waals surface area contributed by atoms with Crippen molar-refractivity contribution in [1.29, 1.82) is 0 Å². The Morgan fingerprint density at radius 2 is 1.06 bits per heavy atom. The van der Waals surface area contributed by atoms with E-state index < -0.39 is 54.9 Å². The lowest BCUT2D eigenvalue weighted by Gasteiger charge is -2.39. The number of Topliss-reactive ketones (excluding diaryl/α,β-unsaturated/α-hetero) is 4. The number of fused-ring (bicyclic) bond motifs is 8. The van der Waals surface area contributed by atoms with Crippen LogP contribution in [0.25, 0.3) is 0 Å². The van der Waals surface area contributed by atoms with Gasteiger partial charge in [-0.15, -0.1) is 0 Å². The molecule has 8 rings (SSSR count).